The van der Waals surface area contributed by atoms with Gasteiger partial charge in [0.05, 0.1) is 11.6 Å². The molecule has 4 nitrogen and oxygen atoms in total. The second-order valence-corrected chi connectivity index (χ2v) is 8.51. The number of aliphatic hydroxyl groups is 1. The number of allylic oxidation sites excluding steroid dienone is 1. The third kappa shape index (κ3) is 4.80. The van der Waals surface area contributed by atoms with E-state index in [1.54, 1.807) is 11.0 Å². The first-order chi connectivity index (χ1) is 16.0. The normalized spacial score (nSPS) is 16.3. The van der Waals surface area contributed by atoms with Crippen molar-refractivity contribution < 1.29 is 14.7 Å². The first-order valence-corrected chi connectivity index (χ1v) is 11.1. The number of ketones is 1. The van der Waals surface area contributed by atoms with E-state index in [0.717, 1.165) is 16.7 Å². The van der Waals surface area contributed by atoms with Crippen LogP contribution in [0.25, 0.3) is 6.08 Å². The van der Waals surface area contributed by atoms with Gasteiger partial charge in [0.1, 0.15) is 0 Å². The molecule has 1 heterocycles. The van der Waals surface area contributed by atoms with Crippen molar-refractivity contribution in [3.8, 4) is 0 Å². The average Bonchev–Trinajstić information content (AvgIpc) is 3.09. The van der Waals surface area contributed by atoms with Crippen molar-refractivity contribution in [2.45, 2.75) is 32.4 Å². The van der Waals surface area contributed by atoms with Crippen LogP contribution in [0.4, 0.5) is 0 Å². The van der Waals surface area contributed by atoms with Gasteiger partial charge in [-0.1, -0.05) is 105 Å². The van der Waals surface area contributed by atoms with Gasteiger partial charge in [0.25, 0.3) is 5.91 Å². The lowest BCUT2D eigenvalue weighted by Crippen LogP contribution is -2.30. The lowest BCUT2D eigenvalue weighted by atomic mass is 9.93. The summed E-state index contributed by atoms with van der Waals surface area (Å²) in [5.41, 5.74) is 3.87. The van der Waals surface area contributed by atoms with E-state index in [4.69, 9.17) is 0 Å². The quantitative estimate of drug-likeness (QED) is 0.462. The molecule has 4 rings (SSSR count). The Labute approximate surface area is 194 Å². The van der Waals surface area contributed by atoms with E-state index in [-0.39, 0.29) is 11.4 Å². The Hall–Kier alpha value is -3.92. The monoisotopic (exact) mass is 437 g/mol. The predicted octanol–water partition coefficient (Wildman–Crippen LogP) is 5.99. The molecule has 166 valence electrons. The summed E-state index contributed by atoms with van der Waals surface area (Å²) in [6, 6.07) is 26.3. The van der Waals surface area contributed by atoms with Gasteiger partial charge >= 0.3 is 0 Å². The Balaban J connectivity index is 1.72. The molecule has 0 radical (unpaired) electrons. The number of nitrogens with zero attached hydrogens (tertiary/aromatic N) is 1. The zero-order valence-electron chi connectivity index (χ0n) is 18.8. The minimum atomic E-state index is -0.660. The van der Waals surface area contributed by atoms with Gasteiger partial charge in [-0.2, -0.15) is 0 Å². The van der Waals surface area contributed by atoms with E-state index >= 15 is 0 Å². The molecule has 1 unspecified atom stereocenters. The highest BCUT2D eigenvalue weighted by Gasteiger charge is 2.42. The molecule has 0 saturated heterocycles. The highest BCUT2D eigenvalue weighted by Crippen LogP contribution is 2.39. The molecule has 0 spiro atoms. The molecule has 1 aliphatic rings. The van der Waals surface area contributed by atoms with Gasteiger partial charge in [-0.3, -0.25) is 9.59 Å². The molecule has 0 aliphatic carbocycles. The molecule has 33 heavy (non-hydrogen) atoms. The van der Waals surface area contributed by atoms with Gasteiger partial charge in [0.15, 0.2) is 11.5 Å². The molecular formula is C29H27NO3. The summed E-state index contributed by atoms with van der Waals surface area (Å²) in [7, 11) is 0. The maximum Gasteiger partial charge on any atom is 0.290 e. The SMILES string of the molecule is CC(C)c1ccc(C2C(C(=O)/C=C/c3ccccc3)=C(O)C(=O)N2Cc2ccccc2)cc1. The number of aliphatic hydroxyl groups excluding tert-OH is 1. The average molecular weight is 438 g/mol. The number of carbonyl (C=O) groups excluding carboxylic acids is 2. The van der Waals surface area contributed by atoms with E-state index in [2.05, 4.69) is 13.8 Å². The Morgan fingerprint density at radius 3 is 2.15 bits per heavy atom. The van der Waals surface area contributed by atoms with Gasteiger partial charge in [0.2, 0.25) is 0 Å². The van der Waals surface area contributed by atoms with Crippen molar-refractivity contribution >= 4 is 17.8 Å². The van der Waals surface area contributed by atoms with Crippen LogP contribution in [-0.2, 0) is 16.1 Å². The van der Waals surface area contributed by atoms with Crippen LogP contribution in [-0.4, -0.2) is 21.7 Å². The molecule has 1 atom stereocenters. The van der Waals surface area contributed by atoms with Crippen LogP contribution in [0.2, 0.25) is 0 Å². The first-order valence-electron chi connectivity index (χ1n) is 11.1. The Morgan fingerprint density at radius 1 is 0.939 bits per heavy atom. The Bertz CT molecular complexity index is 1190. The second kappa shape index (κ2) is 9.70. The summed E-state index contributed by atoms with van der Waals surface area (Å²) in [5, 5.41) is 10.8. The Kier molecular flexibility index (Phi) is 6.55. The summed E-state index contributed by atoms with van der Waals surface area (Å²) < 4.78 is 0. The van der Waals surface area contributed by atoms with E-state index < -0.39 is 17.7 Å². The van der Waals surface area contributed by atoms with Crippen LogP contribution < -0.4 is 0 Å². The van der Waals surface area contributed by atoms with Gasteiger partial charge in [-0.25, -0.2) is 0 Å². The molecule has 0 saturated carbocycles. The van der Waals surface area contributed by atoms with Crippen LogP contribution >= 0.6 is 0 Å². The lowest BCUT2D eigenvalue weighted by molar-refractivity contribution is -0.130. The summed E-state index contributed by atoms with van der Waals surface area (Å²) in [6.07, 6.45) is 3.13. The number of carbonyl (C=O) groups is 2. The second-order valence-electron chi connectivity index (χ2n) is 8.51. The van der Waals surface area contributed by atoms with E-state index in [0.29, 0.717) is 12.5 Å². The molecule has 4 heteroatoms. The molecule has 0 bridgehead atoms. The van der Waals surface area contributed by atoms with Crippen LogP contribution in [0.15, 0.2) is 102 Å². The molecule has 1 amide bonds. The number of amides is 1. The lowest BCUT2D eigenvalue weighted by Gasteiger charge is -2.27. The number of rotatable bonds is 7. The topological polar surface area (TPSA) is 57.6 Å². The summed E-state index contributed by atoms with van der Waals surface area (Å²) in [6.45, 7) is 4.52. The summed E-state index contributed by atoms with van der Waals surface area (Å²) >= 11 is 0. The molecule has 0 aromatic heterocycles. The third-order valence-corrected chi connectivity index (χ3v) is 5.91. The number of hydrogen-bond acceptors (Lipinski definition) is 3. The van der Waals surface area contributed by atoms with E-state index in [1.807, 2.05) is 84.9 Å². The van der Waals surface area contributed by atoms with Gasteiger partial charge in [-0.15, -0.1) is 0 Å². The predicted molar refractivity (Wildman–Crippen MR) is 130 cm³/mol. The van der Waals surface area contributed by atoms with Gasteiger partial charge in [0, 0.05) is 6.54 Å². The van der Waals surface area contributed by atoms with Crippen LogP contribution in [0.3, 0.4) is 0 Å². The van der Waals surface area contributed by atoms with Crippen LogP contribution in [0.5, 0.6) is 0 Å². The van der Waals surface area contributed by atoms with Crippen molar-refractivity contribution in [3.63, 3.8) is 0 Å². The van der Waals surface area contributed by atoms with Crippen molar-refractivity contribution in [1.29, 1.82) is 0 Å². The first kappa shape index (κ1) is 22.3. The fourth-order valence-corrected chi connectivity index (χ4v) is 4.08. The highest BCUT2D eigenvalue weighted by molar-refractivity contribution is 6.14. The van der Waals surface area contributed by atoms with Crippen molar-refractivity contribution in [1.82, 2.24) is 4.90 Å². The molecular weight excluding hydrogens is 410 g/mol. The summed E-state index contributed by atoms with van der Waals surface area (Å²) in [4.78, 5) is 27.9. The molecule has 1 aliphatic heterocycles. The third-order valence-electron chi connectivity index (χ3n) is 5.91. The maximum atomic E-state index is 13.2. The van der Waals surface area contributed by atoms with Crippen molar-refractivity contribution in [3.05, 3.63) is 125 Å². The fourth-order valence-electron chi connectivity index (χ4n) is 4.08. The zero-order valence-corrected chi connectivity index (χ0v) is 18.8. The highest BCUT2D eigenvalue weighted by atomic mass is 16.3. The fraction of sp³-hybridized carbons (Fsp3) is 0.172. The van der Waals surface area contributed by atoms with Gasteiger partial charge in [-0.05, 0) is 34.2 Å². The number of benzene rings is 3. The maximum absolute atomic E-state index is 13.2. The molecule has 1 N–H and O–H groups in total. The molecule has 3 aromatic carbocycles. The minimum Gasteiger partial charge on any atom is -0.503 e. The van der Waals surface area contributed by atoms with Crippen LogP contribution in [0, 0.1) is 0 Å². The standard InChI is InChI=1S/C29H27NO3/c1-20(2)23-14-16-24(17-15-23)27-26(25(31)18-13-21-9-5-3-6-10-21)28(32)29(33)30(27)19-22-11-7-4-8-12-22/h3-18,20,27,32H,19H2,1-2H3/b18-13+. The van der Waals surface area contributed by atoms with Crippen LogP contribution in [0.1, 0.15) is 48.1 Å². The smallest absolute Gasteiger partial charge is 0.290 e. The minimum absolute atomic E-state index is 0.111. The molecule has 3 aromatic rings. The van der Waals surface area contributed by atoms with Crippen molar-refractivity contribution in [2.24, 2.45) is 0 Å². The van der Waals surface area contributed by atoms with Gasteiger partial charge < -0.3 is 10.0 Å². The Morgan fingerprint density at radius 2 is 1.55 bits per heavy atom. The summed E-state index contributed by atoms with van der Waals surface area (Å²) in [5.74, 6) is -1.03. The van der Waals surface area contributed by atoms with E-state index in [1.165, 1.54) is 11.6 Å². The van der Waals surface area contributed by atoms with Crippen molar-refractivity contribution in [2.75, 3.05) is 0 Å². The zero-order chi connectivity index (χ0) is 23.4. The largest absolute Gasteiger partial charge is 0.503 e. The molecule has 0 fully saturated rings. The van der Waals surface area contributed by atoms with E-state index in [9.17, 15) is 14.7 Å². The number of hydrogen-bond donors (Lipinski definition) is 1.